The Labute approximate surface area is 126 Å². The number of likely N-dealkylation sites (N-methyl/N-ethyl adjacent to an activating group) is 1. The number of fused-ring (bicyclic) bond motifs is 1. The Kier molecular flexibility index (Phi) is 5.17. The van der Waals surface area contributed by atoms with Crippen molar-refractivity contribution >= 4 is 16.8 Å². The van der Waals surface area contributed by atoms with Crippen molar-refractivity contribution in [2.75, 3.05) is 20.1 Å². The van der Waals surface area contributed by atoms with Crippen molar-refractivity contribution in [1.82, 2.24) is 14.8 Å². The zero-order chi connectivity index (χ0) is 15.2. The summed E-state index contributed by atoms with van der Waals surface area (Å²) in [6.07, 6.45) is 3.79. The molecule has 4 nitrogen and oxygen atoms in total. The lowest BCUT2D eigenvalue weighted by Gasteiger charge is -2.24. The second-order valence-corrected chi connectivity index (χ2v) is 5.26. The van der Waals surface area contributed by atoms with E-state index < -0.39 is 0 Å². The van der Waals surface area contributed by atoms with E-state index in [1.165, 1.54) is 10.9 Å². The highest BCUT2D eigenvalue weighted by atomic mass is 16.2. The van der Waals surface area contributed by atoms with Gasteiger partial charge >= 0.3 is 0 Å². The van der Waals surface area contributed by atoms with E-state index in [-0.39, 0.29) is 11.9 Å². The zero-order valence-corrected chi connectivity index (χ0v) is 12.7. The van der Waals surface area contributed by atoms with E-state index in [1.54, 1.807) is 6.08 Å². The molecule has 1 aromatic heterocycles. The number of hydrogen-bond donors (Lipinski definition) is 1. The molecule has 1 N–H and O–H groups in total. The van der Waals surface area contributed by atoms with Crippen LogP contribution in [-0.4, -0.2) is 41.6 Å². The maximum Gasteiger partial charge on any atom is 0.237 e. The van der Waals surface area contributed by atoms with Crippen LogP contribution in [0.3, 0.4) is 0 Å². The standard InChI is InChI=1S/C17H23N3O/c1-4-10-18-17(21)14(2)19(3)12-13-20-11-9-15-7-5-6-8-16(15)20/h4-9,11,14H,1,10,12-13H2,2-3H3,(H,18,21)/t14-/m1/s1. The molecule has 0 saturated carbocycles. The van der Waals surface area contributed by atoms with Crippen molar-refractivity contribution in [3.05, 3.63) is 49.2 Å². The Morgan fingerprint density at radius 2 is 2.19 bits per heavy atom. The number of para-hydroxylation sites is 1. The summed E-state index contributed by atoms with van der Waals surface area (Å²) in [5, 5.41) is 4.08. The molecule has 1 amide bonds. The Morgan fingerprint density at radius 3 is 2.95 bits per heavy atom. The Bertz CT molecular complexity index is 617. The molecule has 0 aliphatic heterocycles. The molecular weight excluding hydrogens is 262 g/mol. The topological polar surface area (TPSA) is 37.3 Å². The van der Waals surface area contributed by atoms with E-state index >= 15 is 0 Å². The average molecular weight is 285 g/mol. The number of nitrogens with zero attached hydrogens (tertiary/aromatic N) is 2. The number of rotatable bonds is 7. The van der Waals surface area contributed by atoms with Crippen molar-refractivity contribution in [2.24, 2.45) is 0 Å². The summed E-state index contributed by atoms with van der Waals surface area (Å²) in [4.78, 5) is 14.0. The van der Waals surface area contributed by atoms with Gasteiger partial charge < -0.3 is 9.88 Å². The first-order chi connectivity index (χ1) is 10.1. The van der Waals surface area contributed by atoms with Crippen LogP contribution in [0, 0.1) is 0 Å². The van der Waals surface area contributed by atoms with Gasteiger partial charge in [0, 0.05) is 31.3 Å². The fourth-order valence-electron chi connectivity index (χ4n) is 2.32. The second kappa shape index (κ2) is 7.09. The summed E-state index contributed by atoms with van der Waals surface area (Å²) in [6, 6.07) is 10.3. The molecule has 0 fully saturated rings. The van der Waals surface area contributed by atoms with Crippen molar-refractivity contribution in [1.29, 1.82) is 0 Å². The smallest absolute Gasteiger partial charge is 0.237 e. The van der Waals surface area contributed by atoms with Gasteiger partial charge in [0.1, 0.15) is 0 Å². The van der Waals surface area contributed by atoms with E-state index in [0.29, 0.717) is 6.54 Å². The zero-order valence-electron chi connectivity index (χ0n) is 12.7. The number of benzene rings is 1. The van der Waals surface area contributed by atoms with Gasteiger partial charge in [0.2, 0.25) is 5.91 Å². The Morgan fingerprint density at radius 1 is 1.43 bits per heavy atom. The van der Waals surface area contributed by atoms with Gasteiger partial charge in [0.15, 0.2) is 0 Å². The maximum absolute atomic E-state index is 11.9. The third-order valence-corrected chi connectivity index (χ3v) is 3.84. The average Bonchev–Trinajstić information content (AvgIpc) is 2.92. The van der Waals surface area contributed by atoms with Crippen LogP contribution < -0.4 is 5.32 Å². The summed E-state index contributed by atoms with van der Waals surface area (Å²) in [5.74, 6) is 0.0368. The molecule has 0 bridgehead atoms. The van der Waals surface area contributed by atoms with Crippen LogP contribution in [0.25, 0.3) is 10.9 Å². The minimum absolute atomic E-state index is 0.0368. The van der Waals surface area contributed by atoms with Crippen LogP contribution in [0.2, 0.25) is 0 Å². The van der Waals surface area contributed by atoms with Crippen molar-refractivity contribution in [3.63, 3.8) is 0 Å². The maximum atomic E-state index is 11.9. The molecule has 112 valence electrons. The normalized spacial score (nSPS) is 12.5. The van der Waals surface area contributed by atoms with Crippen LogP contribution in [0.5, 0.6) is 0 Å². The van der Waals surface area contributed by atoms with Crippen LogP contribution in [0.4, 0.5) is 0 Å². The molecule has 0 radical (unpaired) electrons. The van der Waals surface area contributed by atoms with Crippen molar-refractivity contribution in [2.45, 2.75) is 19.5 Å². The molecule has 0 aliphatic rings. The number of nitrogens with one attached hydrogen (secondary N) is 1. The lowest BCUT2D eigenvalue weighted by atomic mass is 10.2. The molecule has 1 heterocycles. The molecule has 4 heteroatoms. The summed E-state index contributed by atoms with van der Waals surface area (Å²) < 4.78 is 2.22. The lowest BCUT2D eigenvalue weighted by Crippen LogP contribution is -2.44. The Balaban J connectivity index is 1.93. The van der Waals surface area contributed by atoms with Crippen LogP contribution in [-0.2, 0) is 11.3 Å². The van der Waals surface area contributed by atoms with Crippen LogP contribution in [0.1, 0.15) is 6.92 Å². The van der Waals surface area contributed by atoms with E-state index in [0.717, 1.165) is 13.1 Å². The number of aromatic nitrogens is 1. The van der Waals surface area contributed by atoms with Gasteiger partial charge in [0.05, 0.1) is 6.04 Å². The van der Waals surface area contributed by atoms with Gasteiger partial charge in [0.25, 0.3) is 0 Å². The number of carbonyl (C=O) groups is 1. The largest absolute Gasteiger partial charge is 0.351 e. The summed E-state index contributed by atoms with van der Waals surface area (Å²) in [5.41, 5.74) is 1.23. The minimum Gasteiger partial charge on any atom is -0.351 e. The molecular formula is C17H23N3O. The quantitative estimate of drug-likeness (QED) is 0.792. The van der Waals surface area contributed by atoms with Gasteiger partial charge in [-0.05, 0) is 31.5 Å². The van der Waals surface area contributed by atoms with Gasteiger partial charge in [-0.25, -0.2) is 0 Å². The predicted molar refractivity (Wildman–Crippen MR) is 87.2 cm³/mol. The number of hydrogen-bond acceptors (Lipinski definition) is 2. The third-order valence-electron chi connectivity index (χ3n) is 3.84. The van der Waals surface area contributed by atoms with Crippen molar-refractivity contribution < 1.29 is 4.79 Å². The van der Waals surface area contributed by atoms with Gasteiger partial charge in [-0.1, -0.05) is 24.3 Å². The fraction of sp³-hybridized carbons (Fsp3) is 0.353. The Hall–Kier alpha value is -2.07. The summed E-state index contributed by atoms with van der Waals surface area (Å²) >= 11 is 0. The van der Waals surface area contributed by atoms with Gasteiger partial charge in [-0.2, -0.15) is 0 Å². The van der Waals surface area contributed by atoms with E-state index in [9.17, 15) is 4.79 Å². The van der Waals surface area contributed by atoms with Gasteiger partial charge in [-0.15, -0.1) is 6.58 Å². The molecule has 0 spiro atoms. The molecule has 0 saturated heterocycles. The third kappa shape index (κ3) is 3.73. The molecule has 1 aromatic carbocycles. The first-order valence-corrected chi connectivity index (χ1v) is 7.26. The fourth-order valence-corrected chi connectivity index (χ4v) is 2.32. The molecule has 2 aromatic rings. The highest BCUT2D eigenvalue weighted by Gasteiger charge is 2.16. The highest BCUT2D eigenvalue weighted by molar-refractivity contribution is 5.81. The monoisotopic (exact) mass is 285 g/mol. The first kappa shape index (κ1) is 15.3. The summed E-state index contributed by atoms with van der Waals surface area (Å²) in [7, 11) is 1.98. The molecule has 21 heavy (non-hydrogen) atoms. The van der Waals surface area contributed by atoms with Crippen LogP contribution >= 0.6 is 0 Å². The SMILES string of the molecule is C=CCNC(=O)[C@@H](C)N(C)CCn1ccc2ccccc21. The van der Waals surface area contributed by atoms with Crippen molar-refractivity contribution in [3.8, 4) is 0 Å². The second-order valence-electron chi connectivity index (χ2n) is 5.26. The molecule has 0 unspecified atom stereocenters. The molecule has 2 rings (SSSR count). The number of carbonyl (C=O) groups excluding carboxylic acids is 1. The van der Waals surface area contributed by atoms with E-state index in [2.05, 4.69) is 45.8 Å². The summed E-state index contributed by atoms with van der Waals surface area (Å²) in [6.45, 7) is 7.73. The highest BCUT2D eigenvalue weighted by Crippen LogP contribution is 2.14. The molecule has 1 atom stereocenters. The molecule has 0 aliphatic carbocycles. The number of amides is 1. The minimum atomic E-state index is -0.147. The lowest BCUT2D eigenvalue weighted by molar-refractivity contribution is -0.125. The predicted octanol–water partition coefficient (Wildman–Crippen LogP) is 2.26. The van der Waals surface area contributed by atoms with Crippen LogP contribution in [0.15, 0.2) is 49.2 Å². The first-order valence-electron chi connectivity index (χ1n) is 7.26. The van der Waals surface area contributed by atoms with E-state index in [4.69, 9.17) is 0 Å². The van der Waals surface area contributed by atoms with E-state index in [1.807, 2.05) is 26.1 Å². The van der Waals surface area contributed by atoms with Gasteiger partial charge in [-0.3, -0.25) is 9.69 Å².